The van der Waals surface area contributed by atoms with Gasteiger partial charge in [0.2, 0.25) is 0 Å². The fraction of sp³-hybridized carbons (Fsp3) is 0.158. The Balaban J connectivity index is 2.14. The smallest absolute Gasteiger partial charge is 0.194 e. The number of carbonyl (C=O) groups excluding carboxylic acids is 2. The van der Waals surface area contributed by atoms with Crippen molar-refractivity contribution in [3.05, 3.63) is 59.4 Å². The molecule has 24 heavy (non-hydrogen) atoms. The normalized spacial score (nSPS) is 10.6. The highest BCUT2D eigenvalue weighted by atomic mass is 16.5. The lowest BCUT2D eigenvalue weighted by Gasteiger charge is -2.06. The topological polar surface area (TPSA) is 65.7 Å². The van der Waals surface area contributed by atoms with Crippen molar-refractivity contribution < 1.29 is 23.5 Å². The molecule has 3 rings (SSSR count). The van der Waals surface area contributed by atoms with Crippen molar-refractivity contribution in [2.24, 2.45) is 0 Å². The van der Waals surface area contributed by atoms with Crippen LogP contribution < -0.4 is 9.47 Å². The molecule has 1 heterocycles. The molecule has 0 spiro atoms. The summed E-state index contributed by atoms with van der Waals surface area (Å²) in [7, 11) is 3.08. The van der Waals surface area contributed by atoms with Gasteiger partial charge in [-0.3, -0.25) is 9.59 Å². The lowest BCUT2D eigenvalue weighted by atomic mass is 9.99. The van der Waals surface area contributed by atoms with E-state index in [-0.39, 0.29) is 17.3 Å². The van der Waals surface area contributed by atoms with Crippen molar-refractivity contribution in [1.82, 2.24) is 0 Å². The second-order valence-electron chi connectivity index (χ2n) is 5.28. The van der Waals surface area contributed by atoms with Crippen LogP contribution in [0, 0.1) is 0 Å². The monoisotopic (exact) mass is 324 g/mol. The van der Waals surface area contributed by atoms with Crippen molar-refractivity contribution in [2.45, 2.75) is 6.92 Å². The van der Waals surface area contributed by atoms with Crippen LogP contribution in [0.15, 0.2) is 46.9 Å². The third-order valence-corrected chi connectivity index (χ3v) is 3.81. The van der Waals surface area contributed by atoms with Crippen LogP contribution in [-0.4, -0.2) is 25.8 Å². The molecule has 5 nitrogen and oxygen atoms in total. The molecule has 0 aliphatic heterocycles. The highest BCUT2D eigenvalue weighted by molar-refractivity contribution is 6.17. The summed E-state index contributed by atoms with van der Waals surface area (Å²) in [5.74, 6) is 0.966. The van der Waals surface area contributed by atoms with Crippen LogP contribution in [0.2, 0.25) is 0 Å². The Hall–Kier alpha value is -3.08. The lowest BCUT2D eigenvalue weighted by Crippen LogP contribution is -2.02. The van der Waals surface area contributed by atoms with Gasteiger partial charge >= 0.3 is 0 Å². The Bertz CT molecular complexity index is 919. The predicted octanol–water partition coefficient (Wildman–Crippen LogP) is 3.88. The Morgan fingerprint density at radius 3 is 2.25 bits per heavy atom. The molecule has 0 bridgehead atoms. The van der Waals surface area contributed by atoms with Crippen LogP contribution in [0.4, 0.5) is 0 Å². The second kappa shape index (κ2) is 6.20. The first-order valence-electron chi connectivity index (χ1n) is 7.35. The first-order valence-corrected chi connectivity index (χ1v) is 7.35. The predicted molar refractivity (Wildman–Crippen MR) is 89.2 cm³/mol. The highest BCUT2D eigenvalue weighted by Gasteiger charge is 2.20. The van der Waals surface area contributed by atoms with E-state index in [1.807, 2.05) is 0 Å². The molecular weight excluding hydrogens is 308 g/mol. The number of ether oxygens (including phenoxy) is 2. The van der Waals surface area contributed by atoms with Crippen LogP contribution in [0.5, 0.6) is 11.5 Å². The summed E-state index contributed by atoms with van der Waals surface area (Å²) < 4.78 is 15.9. The summed E-state index contributed by atoms with van der Waals surface area (Å²) in [5, 5.41) is 0.556. The van der Waals surface area contributed by atoms with Crippen molar-refractivity contribution in [1.29, 1.82) is 0 Å². The van der Waals surface area contributed by atoms with E-state index in [0.29, 0.717) is 33.6 Å². The lowest BCUT2D eigenvalue weighted by molar-refractivity contribution is 0.0988. The van der Waals surface area contributed by atoms with E-state index in [9.17, 15) is 9.59 Å². The van der Waals surface area contributed by atoms with E-state index in [2.05, 4.69) is 0 Å². The molecule has 122 valence electrons. The largest absolute Gasteiger partial charge is 0.497 e. The van der Waals surface area contributed by atoms with Gasteiger partial charge in [-0.1, -0.05) is 0 Å². The van der Waals surface area contributed by atoms with Crippen molar-refractivity contribution in [2.75, 3.05) is 14.2 Å². The number of furan rings is 1. The van der Waals surface area contributed by atoms with Gasteiger partial charge in [0.05, 0.1) is 14.2 Å². The van der Waals surface area contributed by atoms with Gasteiger partial charge in [-0.25, -0.2) is 0 Å². The number of carbonyl (C=O) groups is 2. The Labute approximate surface area is 138 Å². The third-order valence-electron chi connectivity index (χ3n) is 3.81. The highest BCUT2D eigenvalue weighted by Crippen LogP contribution is 2.33. The van der Waals surface area contributed by atoms with E-state index in [0.717, 1.165) is 0 Å². The molecule has 0 atom stereocenters. The Morgan fingerprint density at radius 2 is 1.67 bits per heavy atom. The van der Waals surface area contributed by atoms with E-state index in [1.165, 1.54) is 14.0 Å². The van der Waals surface area contributed by atoms with Gasteiger partial charge in [0.1, 0.15) is 5.75 Å². The maximum Gasteiger partial charge on any atom is 0.194 e. The number of fused-ring (bicyclic) bond motifs is 1. The van der Waals surface area contributed by atoms with Crippen molar-refractivity contribution in [3.8, 4) is 11.5 Å². The van der Waals surface area contributed by atoms with Gasteiger partial charge in [0, 0.05) is 23.4 Å². The number of benzene rings is 2. The van der Waals surface area contributed by atoms with Crippen LogP contribution in [0.3, 0.4) is 0 Å². The molecule has 0 saturated carbocycles. The van der Waals surface area contributed by atoms with Gasteiger partial charge in [-0.15, -0.1) is 0 Å². The molecule has 3 aromatic rings. The van der Waals surface area contributed by atoms with Gasteiger partial charge in [-0.05, 0) is 42.5 Å². The standard InChI is InChI=1S/C19H16O5/c1-11(20)17-10-15-14(8-9-16(23-3)19(15)24-17)18(21)12-4-6-13(22-2)7-5-12/h4-10H,1-3H3. The van der Waals surface area contributed by atoms with E-state index >= 15 is 0 Å². The number of Topliss-reactive ketones (excluding diaryl/α,β-unsaturated/α-hetero) is 1. The van der Waals surface area contributed by atoms with E-state index in [1.54, 1.807) is 49.6 Å². The molecule has 1 aromatic heterocycles. The summed E-state index contributed by atoms with van der Waals surface area (Å²) in [6.45, 7) is 1.41. The third kappa shape index (κ3) is 2.65. The molecule has 0 amide bonds. The molecule has 2 aromatic carbocycles. The fourth-order valence-electron chi connectivity index (χ4n) is 2.53. The first kappa shape index (κ1) is 15.8. The second-order valence-corrected chi connectivity index (χ2v) is 5.28. The van der Waals surface area contributed by atoms with Gasteiger partial charge in [0.25, 0.3) is 0 Å². The molecule has 5 heteroatoms. The van der Waals surface area contributed by atoms with E-state index < -0.39 is 0 Å². The van der Waals surface area contributed by atoms with Gasteiger partial charge in [0.15, 0.2) is 28.7 Å². The Kier molecular flexibility index (Phi) is 4.08. The molecule has 0 fully saturated rings. The minimum atomic E-state index is -0.212. The van der Waals surface area contributed by atoms with Crippen molar-refractivity contribution in [3.63, 3.8) is 0 Å². The average Bonchev–Trinajstić information content (AvgIpc) is 3.06. The van der Waals surface area contributed by atoms with E-state index in [4.69, 9.17) is 13.9 Å². The average molecular weight is 324 g/mol. The number of hydrogen-bond acceptors (Lipinski definition) is 5. The van der Waals surface area contributed by atoms with Crippen molar-refractivity contribution >= 4 is 22.5 Å². The number of methoxy groups -OCH3 is 2. The molecule has 0 aliphatic rings. The molecule has 0 unspecified atom stereocenters. The first-order chi connectivity index (χ1) is 11.5. The van der Waals surface area contributed by atoms with Gasteiger partial charge < -0.3 is 13.9 Å². The fourth-order valence-corrected chi connectivity index (χ4v) is 2.53. The summed E-state index contributed by atoms with van der Waals surface area (Å²) in [6.07, 6.45) is 0. The minimum Gasteiger partial charge on any atom is -0.497 e. The summed E-state index contributed by atoms with van der Waals surface area (Å²) in [4.78, 5) is 24.4. The van der Waals surface area contributed by atoms with Crippen LogP contribution in [-0.2, 0) is 0 Å². The number of rotatable bonds is 5. The Morgan fingerprint density at radius 1 is 0.958 bits per heavy atom. The van der Waals surface area contributed by atoms with Crippen LogP contribution in [0.1, 0.15) is 33.4 Å². The summed E-state index contributed by atoms with van der Waals surface area (Å²) in [5.41, 5.74) is 1.36. The number of ketones is 2. The maximum atomic E-state index is 12.8. The molecule has 0 N–H and O–H groups in total. The van der Waals surface area contributed by atoms with Crippen LogP contribution in [0.25, 0.3) is 11.0 Å². The zero-order valence-electron chi connectivity index (χ0n) is 13.6. The summed E-state index contributed by atoms with van der Waals surface area (Å²) >= 11 is 0. The zero-order chi connectivity index (χ0) is 17.3. The molecule has 0 aliphatic carbocycles. The summed E-state index contributed by atoms with van der Waals surface area (Å²) in [6, 6.07) is 11.8. The zero-order valence-corrected chi connectivity index (χ0v) is 13.6. The molecule has 0 saturated heterocycles. The maximum absolute atomic E-state index is 12.8. The van der Waals surface area contributed by atoms with Crippen LogP contribution >= 0.6 is 0 Å². The molecular formula is C19H16O5. The number of hydrogen-bond donors (Lipinski definition) is 0. The molecule has 0 radical (unpaired) electrons. The SMILES string of the molecule is COc1ccc(C(=O)c2ccc(OC)c3oc(C(C)=O)cc23)cc1. The quantitative estimate of drug-likeness (QED) is 0.666. The minimum absolute atomic E-state index is 0.166. The van der Waals surface area contributed by atoms with Gasteiger partial charge in [-0.2, -0.15) is 0 Å².